The monoisotopic (exact) mass is 184 g/mol. The van der Waals surface area contributed by atoms with Crippen molar-refractivity contribution in [2.45, 2.75) is 39.7 Å². The molecule has 0 aliphatic heterocycles. The summed E-state index contributed by atoms with van der Waals surface area (Å²) in [6.45, 7) is 6.75. The van der Waals surface area contributed by atoms with Gasteiger partial charge in [-0.3, -0.25) is 4.79 Å². The number of carbonyl (C=O) groups is 1. The second-order valence-electron chi connectivity index (χ2n) is 5.03. The van der Waals surface area contributed by atoms with Gasteiger partial charge in [0.05, 0.1) is 6.04 Å². The normalized spacial score (nSPS) is 19.7. The van der Waals surface area contributed by atoms with Crippen molar-refractivity contribution >= 4 is 5.91 Å². The second-order valence-corrected chi connectivity index (χ2v) is 5.03. The molecule has 0 aromatic carbocycles. The quantitative estimate of drug-likeness (QED) is 0.684. The Kier molecular flexibility index (Phi) is 2.96. The minimum Gasteiger partial charge on any atom is -0.354 e. The molecule has 1 aliphatic rings. The maximum absolute atomic E-state index is 11.5. The van der Waals surface area contributed by atoms with Gasteiger partial charge in [0.25, 0.3) is 0 Å². The van der Waals surface area contributed by atoms with E-state index in [2.05, 4.69) is 5.32 Å². The third kappa shape index (κ3) is 3.35. The standard InChI is InChI=1S/C10H20N2O/c1-10(2,3)8(11)9(13)12-6-7-4-5-7/h7-8H,4-6,11H2,1-3H3,(H,12,13). The maximum Gasteiger partial charge on any atom is 0.237 e. The third-order valence-corrected chi connectivity index (χ3v) is 2.48. The molecule has 1 aliphatic carbocycles. The van der Waals surface area contributed by atoms with Gasteiger partial charge in [0.2, 0.25) is 5.91 Å². The molecule has 1 saturated carbocycles. The summed E-state index contributed by atoms with van der Waals surface area (Å²) in [5.74, 6) is 0.704. The number of hydrogen-bond acceptors (Lipinski definition) is 2. The molecule has 13 heavy (non-hydrogen) atoms. The Morgan fingerprint density at radius 3 is 2.46 bits per heavy atom. The average molecular weight is 184 g/mol. The highest BCUT2D eigenvalue weighted by molar-refractivity contribution is 5.82. The molecule has 1 atom stereocenters. The Labute approximate surface area is 80.1 Å². The van der Waals surface area contributed by atoms with Crippen LogP contribution >= 0.6 is 0 Å². The highest BCUT2D eigenvalue weighted by Crippen LogP contribution is 2.27. The van der Waals surface area contributed by atoms with Crippen molar-refractivity contribution in [2.24, 2.45) is 17.1 Å². The summed E-state index contributed by atoms with van der Waals surface area (Å²) in [6.07, 6.45) is 2.51. The van der Waals surface area contributed by atoms with E-state index < -0.39 is 6.04 Å². The highest BCUT2D eigenvalue weighted by Gasteiger charge is 2.29. The van der Waals surface area contributed by atoms with Crippen LogP contribution in [-0.4, -0.2) is 18.5 Å². The fourth-order valence-electron chi connectivity index (χ4n) is 1.07. The number of rotatable bonds is 3. The van der Waals surface area contributed by atoms with Crippen LogP contribution in [0, 0.1) is 11.3 Å². The van der Waals surface area contributed by atoms with Crippen molar-refractivity contribution < 1.29 is 4.79 Å². The zero-order valence-electron chi connectivity index (χ0n) is 8.76. The van der Waals surface area contributed by atoms with Crippen molar-refractivity contribution in [3.8, 4) is 0 Å². The van der Waals surface area contributed by atoms with E-state index in [9.17, 15) is 4.79 Å². The summed E-state index contributed by atoms with van der Waals surface area (Å²) in [5.41, 5.74) is 5.64. The Balaban J connectivity index is 2.28. The van der Waals surface area contributed by atoms with Gasteiger partial charge in [0, 0.05) is 6.54 Å². The predicted molar refractivity (Wildman–Crippen MR) is 53.2 cm³/mol. The fourth-order valence-corrected chi connectivity index (χ4v) is 1.07. The van der Waals surface area contributed by atoms with Gasteiger partial charge in [-0.15, -0.1) is 0 Å². The van der Waals surface area contributed by atoms with Crippen LogP contribution in [0.2, 0.25) is 0 Å². The topological polar surface area (TPSA) is 55.1 Å². The van der Waals surface area contributed by atoms with E-state index in [-0.39, 0.29) is 11.3 Å². The van der Waals surface area contributed by atoms with Gasteiger partial charge < -0.3 is 11.1 Å². The Bertz CT molecular complexity index is 192. The lowest BCUT2D eigenvalue weighted by Crippen LogP contribution is -2.49. The summed E-state index contributed by atoms with van der Waals surface area (Å²) in [4.78, 5) is 11.5. The summed E-state index contributed by atoms with van der Waals surface area (Å²) in [6, 6.07) is -0.397. The lowest BCUT2D eigenvalue weighted by atomic mass is 9.87. The highest BCUT2D eigenvalue weighted by atomic mass is 16.2. The zero-order chi connectivity index (χ0) is 10.1. The van der Waals surface area contributed by atoms with Gasteiger partial charge in [0.1, 0.15) is 0 Å². The molecule has 1 rings (SSSR count). The SMILES string of the molecule is CC(C)(C)C(N)C(=O)NCC1CC1. The number of hydrogen-bond donors (Lipinski definition) is 2. The third-order valence-electron chi connectivity index (χ3n) is 2.48. The van der Waals surface area contributed by atoms with E-state index >= 15 is 0 Å². The van der Waals surface area contributed by atoms with Gasteiger partial charge >= 0.3 is 0 Å². The van der Waals surface area contributed by atoms with Crippen LogP contribution in [0.4, 0.5) is 0 Å². The summed E-state index contributed by atoms with van der Waals surface area (Å²) >= 11 is 0. The molecule has 0 bridgehead atoms. The summed E-state index contributed by atoms with van der Waals surface area (Å²) < 4.78 is 0. The lowest BCUT2D eigenvalue weighted by molar-refractivity contribution is -0.124. The summed E-state index contributed by atoms with van der Waals surface area (Å²) in [5, 5.41) is 2.89. The van der Waals surface area contributed by atoms with E-state index in [4.69, 9.17) is 5.73 Å². The molecule has 1 amide bonds. The molecule has 76 valence electrons. The van der Waals surface area contributed by atoms with E-state index in [0.29, 0.717) is 0 Å². The molecule has 3 nitrogen and oxygen atoms in total. The van der Waals surface area contributed by atoms with E-state index in [1.54, 1.807) is 0 Å². The Morgan fingerprint density at radius 2 is 2.08 bits per heavy atom. The van der Waals surface area contributed by atoms with Gasteiger partial charge in [-0.25, -0.2) is 0 Å². The predicted octanol–water partition coefficient (Wildman–Crippen LogP) is 0.886. The van der Waals surface area contributed by atoms with Crippen molar-refractivity contribution in [2.75, 3.05) is 6.54 Å². The molecule has 0 heterocycles. The molecule has 0 aromatic rings. The minimum absolute atomic E-state index is 0.0144. The Hall–Kier alpha value is -0.570. The van der Waals surface area contributed by atoms with E-state index in [1.165, 1.54) is 12.8 Å². The number of amides is 1. The number of carbonyl (C=O) groups excluding carboxylic acids is 1. The average Bonchev–Trinajstić information content (AvgIpc) is 2.80. The molecule has 3 N–H and O–H groups in total. The molecule has 0 aromatic heterocycles. The second kappa shape index (κ2) is 3.66. The van der Waals surface area contributed by atoms with Crippen molar-refractivity contribution in [1.82, 2.24) is 5.32 Å². The first-order valence-corrected chi connectivity index (χ1v) is 4.94. The lowest BCUT2D eigenvalue weighted by Gasteiger charge is -2.25. The van der Waals surface area contributed by atoms with Crippen molar-refractivity contribution in [3.05, 3.63) is 0 Å². The zero-order valence-corrected chi connectivity index (χ0v) is 8.76. The van der Waals surface area contributed by atoms with Crippen LogP contribution in [0.3, 0.4) is 0 Å². The van der Waals surface area contributed by atoms with Crippen LogP contribution in [0.5, 0.6) is 0 Å². The van der Waals surface area contributed by atoms with Crippen LogP contribution in [0.15, 0.2) is 0 Å². The van der Waals surface area contributed by atoms with E-state index in [0.717, 1.165) is 12.5 Å². The fraction of sp³-hybridized carbons (Fsp3) is 0.900. The molecule has 0 spiro atoms. The Morgan fingerprint density at radius 1 is 1.54 bits per heavy atom. The molecule has 1 fully saturated rings. The van der Waals surface area contributed by atoms with Crippen molar-refractivity contribution in [1.29, 1.82) is 0 Å². The van der Waals surface area contributed by atoms with Gasteiger partial charge in [-0.2, -0.15) is 0 Å². The van der Waals surface area contributed by atoms with Crippen LogP contribution in [0.1, 0.15) is 33.6 Å². The summed E-state index contributed by atoms with van der Waals surface area (Å²) in [7, 11) is 0. The van der Waals surface area contributed by atoms with Gasteiger partial charge in [0.15, 0.2) is 0 Å². The first-order chi connectivity index (χ1) is 5.91. The molecule has 3 heteroatoms. The smallest absolute Gasteiger partial charge is 0.237 e. The van der Waals surface area contributed by atoms with Crippen LogP contribution < -0.4 is 11.1 Å². The molecule has 0 saturated heterocycles. The number of nitrogens with two attached hydrogens (primary N) is 1. The van der Waals surface area contributed by atoms with Crippen LogP contribution in [0.25, 0.3) is 0 Å². The largest absolute Gasteiger partial charge is 0.354 e. The van der Waals surface area contributed by atoms with Gasteiger partial charge in [-0.05, 0) is 24.2 Å². The van der Waals surface area contributed by atoms with E-state index in [1.807, 2.05) is 20.8 Å². The first-order valence-electron chi connectivity index (χ1n) is 4.94. The maximum atomic E-state index is 11.5. The molecular formula is C10H20N2O. The van der Waals surface area contributed by atoms with Gasteiger partial charge in [-0.1, -0.05) is 20.8 Å². The minimum atomic E-state index is -0.397. The molecule has 0 radical (unpaired) electrons. The van der Waals surface area contributed by atoms with Crippen molar-refractivity contribution in [3.63, 3.8) is 0 Å². The molecular weight excluding hydrogens is 164 g/mol. The van der Waals surface area contributed by atoms with Crippen LogP contribution in [-0.2, 0) is 4.79 Å². The first kappa shape index (κ1) is 10.5. The number of nitrogens with one attached hydrogen (secondary N) is 1. The molecule has 1 unspecified atom stereocenters.